The van der Waals surface area contributed by atoms with Crippen LogP contribution in [0.3, 0.4) is 0 Å². The maximum atomic E-state index is 15.8. The normalized spacial score (nSPS) is 25.1. The molecule has 23 N–H and O–H groups in total. The van der Waals surface area contributed by atoms with Crippen molar-refractivity contribution in [1.82, 2.24) is 82.3 Å². The van der Waals surface area contributed by atoms with Crippen LogP contribution in [0.5, 0.6) is 5.75 Å². The summed E-state index contributed by atoms with van der Waals surface area (Å²) in [7, 11) is 3.79. The number of aliphatic hydroxyl groups is 2. The van der Waals surface area contributed by atoms with Gasteiger partial charge >= 0.3 is 5.97 Å². The van der Waals surface area contributed by atoms with Gasteiger partial charge in [-0.2, -0.15) is 0 Å². The van der Waals surface area contributed by atoms with Gasteiger partial charge in [0.1, 0.15) is 78.3 Å². The molecule has 132 heavy (non-hydrogen) atoms. The van der Waals surface area contributed by atoms with Crippen molar-refractivity contribution in [3.8, 4) is 5.75 Å². The first kappa shape index (κ1) is 104. The van der Waals surface area contributed by atoms with E-state index >= 15 is 33.6 Å². The van der Waals surface area contributed by atoms with Crippen molar-refractivity contribution < 1.29 is 112 Å². The second kappa shape index (κ2) is 49.8. The number of H-pyrrole nitrogens is 2. The van der Waals surface area contributed by atoms with Gasteiger partial charge in [0.15, 0.2) is 5.78 Å². The van der Waals surface area contributed by atoms with Crippen molar-refractivity contribution in [3.63, 3.8) is 0 Å². The Morgan fingerprint density at radius 2 is 1.07 bits per heavy atom. The van der Waals surface area contributed by atoms with Gasteiger partial charge in [0.25, 0.3) is 0 Å². The molecule has 3 aliphatic rings. The molecular weight excluding hydrogens is 1740 g/mol. The van der Waals surface area contributed by atoms with Crippen LogP contribution in [0.4, 0.5) is 0 Å². The molecule has 2 aromatic heterocycles. The first-order valence-electron chi connectivity index (χ1n) is 43.9. The number of nitrogens with one attached hydrogen (secondary N) is 11. The number of rotatable bonds is 26. The van der Waals surface area contributed by atoms with E-state index in [0.717, 1.165) is 24.5 Å². The predicted molar refractivity (Wildman–Crippen MR) is 479 cm³/mol. The van der Waals surface area contributed by atoms with Crippen molar-refractivity contribution in [2.45, 2.75) is 227 Å². The molecule has 15 atom stereocenters. The number of nitrogens with zero attached hydrogens (tertiary/aromatic N) is 5. The number of hydrogen-bond donors (Lipinski definition) is 19. The highest BCUT2D eigenvalue weighted by atomic mass is 32.2. The number of carboxylic acid groups (broad SMARTS) is 1. The Balaban J connectivity index is 1.19. The number of aliphatic carboxylic acids is 1. The first-order valence-corrected chi connectivity index (χ1v) is 45.1. The number of carbonyl (C=O) groups is 19. The summed E-state index contributed by atoms with van der Waals surface area (Å²) in [5.74, 6) is -22.1. The fourth-order valence-corrected chi connectivity index (χ4v) is 17.1. The monoisotopic (exact) mass is 1860 g/mol. The van der Waals surface area contributed by atoms with Crippen molar-refractivity contribution in [1.29, 1.82) is 0 Å². The first-order chi connectivity index (χ1) is 62.8. The van der Waals surface area contributed by atoms with E-state index in [1.165, 1.54) is 52.3 Å². The van der Waals surface area contributed by atoms with Crippen LogP contribution in [-0.2, 0) is 110 Å². The molecule has 3 saturated heterocycles. The third kappa shape index (κ3) is 28.9. The van der Waals surface area contributed by atoms with Gasteiger partial charge in [-0.25, -0.2) is 0 Å². The number of aliphatic hydroxyl groups excluding tert-OH is 2. The molecule has 3 aromatic carbocycles. The lowest BCUT2D eigenvalue weighted by Gasteiger charge is -2.36. The molecule has 5 aromatic rings. The number of benzene rings is 3. The minimum absolute atomic E-state index is 0.0333. The number of unbranched alkanes of at least 4 members (excludes halogenated alkanes) is 2. The Morgan fingerprint density at radius 3 is 1.67 bits per heavy atom. The Labute approximate surface area is 765 Å². The molecule has 44 heteroatoms. The number of ketones is 1. The molecule has 17 amide bonds. The number of carboxylic acids is 1. The number of Topliss-reactive ketones (excluding diaryl/α,β-unsaturated/α-hetero) is 1. The van der Waals surface area contributed by atoms with Crippen molar-refractivity contribution in [2.24, 2.45) is 28.9 Å². The van der Waals surface area contributed by atoms with Gasteiger partial charge in [-0.1, -0.05) is 88.1 Å². The van der Waals surface area contributed by atoms with Crippen molar-refractivity contribution >= 4 is 146 Å². The Kier molecular flexibility index (Phi) is 39.3. The second-order valence-electron chi connectivity index (χ2n) is 33.4. The average Bonchev–Trinajstić information content (AvgIpc) is 1.65. The number of thioether (sulfide) groups is 1. The summed E-state index contributed by atoms with van der Waals surface area (Å²) in [6.07, 6.45) is -2.36. The largest absolute Gasteiger partial charge is 0.508 e. The van der Waals surface area contributed by atoms with Crippen LogP contribution in [0.25, 0.3) is 21.8 Å². The molecule has 5 heterocycles. The van der Waals surface area contributed by atoms with Crippen LogP contribution >= 0.6 is 11.8 Å². The number of phenolic OH excluding ortho intramolecular Hbond substituents is 1. The number of nitrogens with two attached hydrogens (primary N) is 4. The molecule has 3 fully saturated rings. The number of aromatic nitrogens is 2. The van der Waals surface area contributed by atoms with E-state index in [2.05, 4.69) is 57.8 Å². The third-order valence-electron chi connectivity index (χ3n) is 23.7. The van der Waals surface area contributed by atoms with E-state index in [-0.39, 0.29) is 76.6 Å². The van der Waals surface area contributed by atoms with Crippen molar-refractivity contribution in [2.75, 3.05) is 65.4 Å². The van der Waals surface area contributed by atoms with Crippen LogP contribution < -0.4 is 70.8 Å². The summed E-state index contributed by atoms with van der Waals surface area (Å²) in [5.41, 5.74) is 25.5. The van der Waals surface area contributed by atoms with Crippen LogP contribution in [0, 0.1) is 5.92 Å². The smallest absolute Gasteiger partial charge is 0.303 e. The number of primary amides is 3. The summed E-state index contributed by atoms with van der Waals surface area (Å²) < 4.78 is 0. The van der Waals surface area contributed by atoms with E-state index in [0.29, 0.717) is 69.5 Å². The number of hydrogen-bond acceptors (Lipinski definition) is 24. The highest BCUT2D eigenvalue weighted by Gasteiger charge is 2.47. The van der Waals surface area contributed by atoms with Gasteiger partial charge in [0.05, 0.1) is 37.5 Å². The van der Waals surface area contributed by atoms with E-state index in [1.54, 1.807) is 67.8 Å². The highest BCUT2D eigenvalue weighted by molar-refractivity contribution is 8.00. The van der Waals surface area contributed by atoms with Gasteiger partial charge in [0, 0.05) is 119 Å². The number of likely N-dealkylation sites (N-methyl/N-ethyl adjacent to an activating group) is 3. The summed E-state index contributed by atoms with van der Waals surface area (Å²) in [5, 5.41) is 66.4. The molecule has 0 spiro atoms. The molecule has 718 valence electrons. The second-order valence-corrected chi connectivity index (χ2v) is 34.4. The zero-order valence-electron chi connectivity index (χ0n) is 74.6. The topological polar surface area (TPSA) is 665 Å². The van der Waals surface area contributed by atoms with E-state index < -0.39 is 279 Å². The number of aromatic amines is 2. The highest BCUT2D eigenvalue weighted by Crippen LogP contribution is 2.30. The van der Waals surface area contributed by atoms with Gasteiger partial charge in [0.2, 0.25) is 100 Å². The maximum Gasteiger partial charge on any atom is 0.303 e. The number of para-hydroxylation sites is 2. The summed E-state index contributed by atoms with van der Waals surface area (Å²) in [6.45, 7) is 1.91. The van der Waals surface area contributed by atoms with E-state index in [4.69, 9.17) is 22.9 Å². The molecule has 43 nitrogen and oxygen atoms in total. The number of carbonyl (C=O) groups excluding carboxylic acids is 18. The minimum Gasteiger partial charge on any atom is -0.508 e. The lowest BCUT2D eigenvalue weighted by molar-refractivity contribution is -0.149. The Hall–Kier alpha value is -13.1. The standard InChI is InChI=1S/C88H122N20O23S/c1-7-9-20-66-82(125)98-58(28-30-75(117)118)79(122)103-65(78(121)95-42-73(92)115)45-132-46-74(116)96-61(34-48-23-25-52(110)26-24-48)84(127)104(4)47(3)76(119)100-63(39-72(91)114)87(130)107-33-15-22-67(107)83(126)102-64(44-109)81(124)99-60(27-29-71(90)113)86(129)108-43-53(111)38-69(108)70(112)37-49(35-50-40-93-56-18-13-11-16-54(50)56)77(120)97-59(31-32-89)80(123)101-62(36-51-41-94-57-19-14-12-17-55(51)57)85(128)106(6)68(21-10-8-2)88(131)105(66)5/h11-14,16-19,23-26,40-41,47,49,53,58-69,93-94,109-111H,7-10,15,20-22,27-39,42-46,89H2,1-6H3,(H2,90,113)(H2,91,114)(H2,92,115)(H,95,121)(H,96,116)(H,97,120)(H,98,125)(H,99,124)(H,100,119)(H,101,123)(H,102,126)(H,103,122)(H,117,118)/t47-,49+,53+,58-,59-,60-,61-,62-,63-,64-,65-,66-,67-,68-,69-/m0/s1. The van der Waals surface area contributed by atoms with Gasteiger partial charge < -0.3 is 126 Å². The minimum atomic E-state index is -1.93. The van der Waals surface area contributed by atoms with E-state index in [1.807, 2.05) is 6.92 Å². The molecule has 3 aliphatic heterocycles. The lowest BCUT2D eigenvalue weighted by Crippen LogP contribution is -2.60. The SMILES string of the molecule is CCCC[C@H]1C(=O)N(C)[C@@H](CCCC)C(=O)N[C@@H](CCC(=O)O)C(=O)N[C@H](C(=O)NCC(N)=O)CSCC(=O)N[C@@H](Cc2ccc(O)cc2)C(=O)N(C)[C@@H](C)C(=O)N[C@@H](CC(N)=O)C(=O)N2CCC[C@H]2C(=O)N[C@@H](CO)C(=O)N[C@@H](CCC(N)=O)C(=O)N2C[C@H](O)C[C@H]2C(=O)C[C@@H](Cc2c[nH]c3ccccc23)C(=O)N[C@@H](CCN)C(=O)N[C@@H](Cc2c[nH]c3ccccc23)C(=O)N1C. The number of fused-ring (bicyclic) bond motifs is 4. The average molecular weight is 1860 g/mol. The number of aromatic hydroxyl groups is 1. The predicted octanol–water partition coefficient (Wildman–Crippen LogP) is -3.63. The molecular formula is C88H122N20O23S. The lowest BCUT2D eigenvalue weighted by atomic mass is 9.90. The summed E-state index contributed by atoms with van der Waals surface area (Å²) >= 11 is 0.696. The van der Waals surface area contributed by atoms with Crippen molar-refractivity contribution in [3.05, 3.63) is 102 Å². The van der Waals surface area contributed by atoms with E-state index in [9.17, 15) is 78.0 Å². The van der Waals surface area contributed by atoms with Crippen LogP contribution in [-0.4, -0.2) is 317 Å². The zero-order chi connectivity index (χ0) is 96.9. The molecule has 0 saturated carbocycles. The number of phenols is 1. The summed E-state index contributed by atoms with van der Waals surface area (Å²) in [4.78, 5) is 284. The van der Waals surface area contributed by atoms with Gasteiger partial charge in [-0.15, -0.1) is 11.8 Å². The third-order valence-corrected chi connectivity index (χ3v) is 24.8. The quantitative estimate of drug-likeness (QED) is 0.0254. The maximum absolute atomic E-state index is 15.8. The van der Waals surface area contributed by atoms with Crippen LogP contribution in [0.15, 0.2) is 85.2 Å². The van der Waals surface area contributed by atoms with Crippen LogP contribution in [0.2, 0.25) is 0 Å². The fraction of sp³-hybridized carbons (Fsp3) is 0.534. The van der Waals surface area contributed by atoms with Gasteiger partial charge in [-0.3, -0.25) is 91.1 Å². The van der Waals surface area contributed by atoms with Crippen LogP contribution in [0.1, 0.15) is 140 Å². The fourth-order valence-electron chi connectivity index (χ4n) is 16.3. The molecule has 0 aliphatic carbocycles. The molecule has 0 bridgehead atoms. The van der Waals surface area contributed by atoms with Gasteiger partial charge in [-0.05, 0) is 106 Å². The molecule has 0 radical (unpaired) electrons. The number of amides is 17. The summed E-state index contributed by atoms with van der Waals surface area (Å²) in [6, 6.07) is -1.74. The molecule has 0 unspecified atom stereocenters. The zero-order valence-corrected chi connectivity index (χ0v) is 75.4. The Bertz CT molecular complexity index is 5010. The molecule has 8 rings (SSSR count). The Morgan fingerprint density at radius 1 is 0.530 bits per heavy atom.